The second-order valence-corrected chi connectivity index (χ2v) is 6.57. The maximum Gasteiger partial charge on any atom is 0.251 e. The summed E-state index contributed by atoms with van der Waals surface area (Å²) >= 11 is 6.75. The number of amides is 1. The van der Waals surface area contributed by atoms with Crippen molar-refractivity contribution in [2.45, 2.75) is 25.4 Å². The molecule has 0 spiro atoms. The summed E-state index contributed by atoms with van der Waals surface area (Å²) in [4.78, 5) is 12.0. The van der Waals surface area contributed by atoms with Crippen LogP contribution >= 0.6 is 31.9 Å². The molecule has 0 aromatic heterocycles. The van der Waals surface area contributed by atoms with Crippen molar-refractivity contribution in [3.63, 3.8) is 0 Å². The highest BCUT2D eigenvalue weighted by molar-refractivity contribution is 9.11. The largest absolute Gasteiger partial charge is 0.373 e. The van der Waals surface area contributed by atoms with Crippen molar-refractivity contribution in [3.8, 4) is 0 Å². The van der Waals surface area contributed by atoms with Crippen LogP contribution in [0.3, 0.4) is 0 Å². The van der Waals surface area contributed by atoms with Gasteiger partial charge in [0.1, 0.15) is 0 Å². The van der Waals surface area contributed by atoms with Gasteiger partial charge in [-0.05, 0) is 38.0 Å². The van der Waals surface area contributed by atoms with E-state index >= 15 is 0 Å². The van der Waals surface area contributed by atoms with Crippen molar-refractivity contribution in [1.29, 1.82) is 0 Å². The molecule has 1 saturated heterocycles. The van der Waals surface area contributed by atoms with Gasteiger partial charge >= 0.3 is 0 Å². The number of halogens is 2. The standard InChI is InChI=1S/C13H15Br2NO2/c1-13(3-2-4-18-13)8-16-12(17)9-5-10(14)7-11(15)6-9/h5-7H,2-4,8H2,1H3,(H,16,17). The van der Waals surface area contributed by atoms with E-state index in [1.165, 1.54) is 0 Å². The third-order valence-electron chi connectivity index (χ3n) is 3.05. The first-order valence-corrected chi connectivity index (χ1v) is 7.45. The van der Waals surface area contributed by atoms with Crippen LogP contribution in [-0.2, 0) is 4.74 Å². The number of ether oxygens (including phenoxy) is 1. The van der Waals surface area contributed by atoms with Crippen LogP contribution in [-0.4, -0.2) is 24.7 Å². The Bertz CT molecular complexity index is 436. The van der Waals surface area contributed by atoms with Gasteiger partial charge in [0, 0.05) is 27.7 Å². The van der Waals surface area contributed by atoms with Gasteiger partial charge in [0.15, 0.2) is 0 Å². The molecule has 0 bridgehead atoms. The number of carbonyl (C=O) groups excluding carboxylic acids is 1. The number of rotatable bonds is 3. The third-order valence-corrected chi connectivity index (χ3v) is 3.96. The lowest BCUT2D eigenvalue weighted by molar-refractivity contribution is 0.0206. The molecule has 0 radical (unpaired) electrons. The minimum absolute atomic E-state index is 0.0753. The molecule has 1 aromatic carbocycles. The lowest BCUT2D eigenvalue weighted by Crippen LogP contribution is -2.40. The van der Waals surface area contributed by atoms with E-state index in [9.17, 15) is 4.79 Å². The van der Waals surface area contributed by atoms with Crippen LogP contribution in [0.15, 0.2) is 27.1 Å². The molecular weight excluding hydrogens is 362 g/mol. The van der Waals surface area contributed by atoms with Gasteiger partial charge in [-0.1, -0.05) is 31.9 Å². The molecule has 1 unspecified atom stereocenters. The van der Waals surface area contributed by atoms with Gasteiger partial charge in [-0.3, -0.25) is 4.79 Å². The van der Waals surface area contributed by atoms with Gasteiger partial charge in [-0.15, -0.1) is 0 Å². The highest BCUT2D eigenvalue weighted by Gasteiger charge is 2.30. The van der Waals surface area contributed by atoms with E-state index in [4.69, 9.17) is 4.74 Å². The molecule has 2 rings (SSSR count). The van der Waals surface area contributed by atoms with Crippen LogP contribution in [0, 0.1) is 0 Å². The summed E-state index contributed by atoms with van der Waals surface area (Å²) in [6, 6.07) is 5.51. The maximum atomic E-state index is 12.0. The molecule has 0 saturated carbocycles. The third kappa shape index (κ3) is 3.56. The summed E-state index contributed by atoms with van der Waals surface area (Å²) < 4.78 is 7.40. The summed E-state index contributed by atoms with van der Waals surface area (Å²) in [6.07, 6.45) is 2.06. The zero-order valence-corrected chi connectivity index (χ0v) is 13.3. The average molecular weight is 377 g/mol. The van der Waals surface area contributed by atoms with E-state index in [1.54, 1.807) is 12.1 Å². The monoisotopic (exact) mass is 375 g/mol. The topological polar surface area (TPSA) is 38.3 Å². The van der Waals surface area contributed by atoms with Crippen LogP contribution in [0.2, 0.25) is 0 Å². The molecule has 5 heteroatoms. The molecule has 1 aromatic rings. The van der Waals surface area contributed by atoms with E-state index in [2.05, 4.69) is 37.2 Å². The normalized spacial score (nSPS) is 23.1. The molecular formula is C13H15Br2NO2. The van der Waals surface area contributed by atoms with Crippen molar-refractivity contribution in [3.05, 3.63) is 32.7 Å². The number of hydrogen-bond acceptors (Lipinski definition) is 2. The fraction of sp³-hybridized carbons (Fsp3) is 0.462. The first-order valence-electron chi connectivity index (χ1n) is 5.87. The first kappa shape index (κ1) is 14.0. The molecule has 3 nitrogen and oxygen atoms in total. The highest BCUT2D eigenvalue weighted by atomic mass is 79.9. The SMILES string of the molecule is CC1(CNC(=O)c2cc(Br)cc(Br)c2)CCCO1. The smallest absolute Gasteiger partial charge is 0.251 e. The molecule has 98 valence electrons. The van der Waals surface area contributed by atoms with Gasteiger partial charge in [0.2, 0.25) is 0 Å². The molecule has 1 atom stereocenters. The van der Waals surface area contributed by atoms with Crippen molar-refractivity contribution >= 4 is 37.8 Å². The minimum atomic E-state index is -0.209. The Kier molecular flexibility index (Phi) is 4.45. The molecule has 1 aliphatic heterocycles. The zero-order chi connectivity index (χ0) is 13.2. The summed E-state index contributed by atoms with van der Waals surface area (Å²) in [5.41, 5.74) is 0.427. The van der Waals surface area contributed by atoms with Gasteiger partial charge in [0.25, 0.3) is 5.91 Å². The minimum Gasteiger partial charge on any atom is -0.373 e. The number of nitrogens with one attached hydrogen (secondary N) is 1. The molecule has 1 fully saturated rings. The summed E-state index contributed by atoms with van der Waals surface area (Å²) in [5.74, 6) is -0.0753. The van der Waals surface area contributed by atoms with Crippen LogP contribution in [0.5, 0.6) is 0 Å². The predicted octanol–water partition coefficient (Wildman–Crippen LogP) is 3.51. The van der Waals surface area contributed by atoms with E-state index in [0.717, 1.165) is 28.4 Å². The first-order chi connectivity index (χ1) is 8.48. The lowest BCUT2D eigenvalue weighted by atomic mass is 10.0. The van der Waals surface area contributed by atoms with Gasteiger partial charge in [-0.2, -0.15) is 0 Å². The van der Waals surface area contributed by atoms with E-state index in [1.807, 2.05) is 13.0 Å². The van der Waals surface area contributed by atoms with Crippen molar-refractivity contribution in [2.24, 2.45) is 0 Å². The van der Waals surface area contributed by atoms with Crippen molar-refractivity contribution in [2.75, 3.05) is 13.2 Å². The van der Waals surface area contributed by atoms with Gasteiger partial charge < -0.3 is 10.1 Å². The Hall–Kier alpha value is -0.390. The Morgan fingerprint density at radius 2 is 2.06 bits per heavy atom. The number of carbonyl (C=O) groups is 1. The lowest BCUT2D eigenvalue weighted by Gasteiger charge is -2.23. The van der Waals surface area contributed by atoms with Gasteiger partial charge in [0.05, 0.1) is 5.60 Å². The quantitative estimate of drug-likeness (QED) is 0.876. The fourth-order valence-electron chi connectivity index (χ4n) is 2.03. The van der Waals surface area contributed by atoms with Crippen LogP contribution in [0.25, 0.3) is 0 Å². The Morgan fingerprint density at radius 3 is 2.61 bits per heavy atom. The van der Waals surface area contributed by atoms with Crippen LogP contribution < -0.4 is 5.32 Å². The van der Waals surface area contributed by atoms with Crippen LogP contribution in [0.4, 0.5) is 0 Å². The van der Waals surface area contributed by atoms with Crippen molar-refractivity contribution < 1.29 is 9.53 Å². The Morgan fingerprint density at radius 1 is 1.39 bits per heavy atom. The number of benzene rings is 1. The molecule has 1 heterocycles. The summed E-state index contributed by atoms with van der Waals surface area (Å²) in [7, 11) is 0. The summed E-state index contributed by atoms with van der Waals surface area (Å²) in [5, 5.41) is 2.93. The summed E-state index contributed by atoms with van der Waals surface area (Å²) in [6.45, 7) is 3.38. The number of hydrogen-bond donors (Lipinski definition) is 1. The average Bonchev–Trinajstić information content (AvgIpc) is 2.72. The molecule has 1 aliphatic rings. The van der Waals surface area contributed by atoms with E-state index in [0.29, 0.717) is 12.1 Å². The van der Waals surface area contributed by atoms with Gasteiger partial charge in [-0.25, -0.2) is 0 Å². The molecule has 0 aliphatic carbocycles. The van der Waals surface area contributed by atoms with Crippen molar-refractivity contribution in [1.82, 2.24) is 5.32 Å². The molecule has 18 heavy (non-hydrogen) atoms. The fourth-order valence-corrected chi connectivity index (χ4v) is 3.32. The molecule has 1 amide bonds. The second kappa shape index (κ2) is 5.72. The highest BCUT2D eigenvalue weighted by Crippen LogP contribution is 2.24. The maximum absolute atomic E-state index is 12.0. The molecule has 1 N–H and O–H groups in total. The Balaban J connectivity index is 1.99. The van der Waals surface area contributed by atoms with E-state index in [-0.39, 0.29) is 11.5 Å². The van der Waals surface area contributed by atoms with E-state index < -0.39 is 0 Å². The second-order valence-electron chi connectivity index (χ2n) is 4.74. The van der Waals surface area contributed by atoms with Crippen LogP contribution in [0.1, 0.15) is 30.1 Å². The zero-order valence-electron chi connectivity index (χ0n) is 10.1. The Labute approximate surface area is 124 Å². The predicted molar refractivity (Wildman–Crippen MR) is 77.8 cm³/mol.